The predicted molar refractivity (Wildman–Crippen MR) is 127 cm³/mol. The highest BCUT2D eigenvalue weighted by atomic mass is 32.1. The van der Waals surface area contributed by atoms with E-state index in [9.17, 15) is 0 Å². The van der Waals surface area contributed by atoms with E-state index in [1.807, 2.05) is 35.9 Å². The number of thiazole rings is 1. The van der Waals surface area contributed by atoms with Crippen LogP contribution in [0, 0.1) is 0 Å². The van der Waals surface area contributed by atoms with E-state index in [2.05, 4.69) is 32.1 Å². The largest absolute Gasteiger partial charge is 0.353 e. The van der Waals surface area contributed by atoms with E-state index >= 15 is 0 Å². The van der Waals surface area contributed by atoms with Crippen LogP contribution in [0.5, 0.6) is 0 Å². The molecule has 0 spiro atoms. The van der Waals surface area contributed by atoms with Crippen LogP contribution in [0.3, 0.4) is 0 Å². The zero-order chi connectivity index (χ0) is 20.8. The molecule has 8 heteroatoms. The number of fused-ring (bicyclic) bond motifs is 3. The molecule has 0 N–H and O–H groups in total. The van der Waals surface area contributed by atoms with Gasteiger partial charge in [-0.05, 0) is 43.9 Å². The summed E-state index contributed by atoms with van der Waals surface area (Å²) < 4.78 is 0. The second-order valence-electron chi connectivity index (χ2n) is 8.22. The fourth-order valence-electron chi connectivity index (χ4n) is 4.75. The van der Waals surface area contributed by atoms with Crippen molar-refractivity contribution < 1.29 is 0 Å². The number of nitrogens with zero attached hydrogens (tertiary/aromatic N) is 6. The summed E-state index contributed by atoms with van der Waals surface area (Å²) >= 11 is 3.61. The van der Waals surface area contributed by atoms with E-state index in [0.29, 0.717) is 6.04 Å². The second-order valence-corrected chi connectivity index (χ2v) is 10.2. The number of pyridine rings is 1. The van der Waals surface area contributed by atoms with Gasteiger partial charge in [-0.1, -0.05) is 0 Å². The molecule has 158 valence electrons. The molecule has 1 atom stereocenters. The van der Waals surface area contributed by atoms with Gasteiger partial charge in [0.1, 0.15) is 15.7 Å². The van der Waals surface area contributed by atoms with Gasteiger partial charge >= 0.3 is 0 Å². The highest BCUT2D eigenvalue weighted by Gasteiger charge is 2.29. The number of aromatic nitrogens is 4. The lowest BCUT2D eigenvalue weighted by Crippen LogP contribution is -2.47. The summed E-state index contributed by atoms with van der Waals surface area (Å²) in [5.74, 6) is 1.90. The third-order valence-electron chi connectivity index (χ3n) is 6.44. The minimum Gasteiger partial charge on any atom is -0.353 e. The van der Waals surface area contributed by atoms with E-state index in [0.717, 1.165) is 54.6 Å². The average molecular weight is 449 g/mol. The molecule has 6 nitrogen and oxygen atoms in total. The highest BCUT2D eigenvalue weighted by Crippen LogP contribution is 2.41. The van der Waals surface area contributed by atoms with Crippen molar-refractivity contribution >= 4 is 38.7 Å². The maximum Gasteiger partial charge on any atom is 0.164 e. The van der Waals surface area contributed by atoms with Gasteiger partial charge in [-0.25, -0.2) is 15.0 Å². The van der Waals surface area contributed by atoms with Crippen LogP contribution in [0.2, 0.25) is 0 Å². The topological polar surface area (TPSA) is 58.0 Å². The number of hydrogen-bond acceptors (Lipinski definition) is 8. The first kappa shape index (κ1) is 19.3. The minimum atomic E-state index is 0.365. The fourth-order valence-corrected chi connectivity index (χ4v) is 6.73. The summed E-state index contributed by atoms with van der Waals surface area (Å²) in [5.41, 5.74) is 2.47. The van der Waals surface area contributed by atoms with Gasteiger partial charge in [-0.15, -0.1) is 22.7 Å². The van der Waals surface area contributed by atoms with Crippen LogP contribution in [-0.2, 0) is 12.8 Å². The Hall–Kier alpha value is -2.42. The van der Waals surface area contributed by atoms with Crippen LogP contribution in [-0.4, -0.2) is 51.0 Å². The Morgan fingerprint density at radius 2 is 1.97 bits per heavy atom. The van der Waals surface area contributed by atoms with Crippen LogP contribution in [0.1, 0.15) is 34.8 Å². The summed E-state index contributed by atoms with van der Waals surface area (Å²) in [5, 5.41) is 4.57. The van der Waals surface area contributed by atoms with Crippen LogP contribution in [0.25, 0.3) is 21.6 Å². The zero-order valence-corrected chi connectivity index (χ0v) is 19.1. The highest BCUT2D eigenvalue weighted by molar-refractivity contribution is 7.19. The molecular formula is C23H24N6S2. The first-order valence-electron chi connectivity index (χ1n) is 10.9. The van der Waals surface area contributed by atoms with Crippen molar-refractivity contribution in [3.63, 3.8) is 0 Å². The molecule has 31 heavy (non-hydrogen) atoms. The quantitative estimate of drug-likeness (QED) is 0.455. The molecular weight excluding hydrogens is 424 g/mol. The molecule has 1 aliphatic heterocycles. The van der Waals surface area contributed by atoms with Gasteiger partial charge in [0.2, 0.25) is 0 Å². The molecule has 4 aromatic heterocycles. The first-order valence-corrected chi connectivity index (χ1v) is 12.6. The maximum atomic E-state index is 5.12. The number of aryl methyl sites for hydroxylation is 2. The second kappa shape index (κ2) is 7.93. The van der Waals surface area contributed by atoms with Gasteiger partial charge in [0, 0.05) is 60.6 Å². The van der Waals surface area contributed by atoms with Crippen molar-refractivity contribution in [1.29, 1.82) is 0 Å². The molecule has 4 aromatic rings. The SMILES string of the molecule is CC(c1nccs1)N1CCN(c2nc(-c3cccnc3)nc3sc4c(c23)CCC4)CC1. The number of hydrogen-bond donors (Lipinski definition) is 0. The lowest BCUT2D eigenvalue weighted by Gasteiger charge is -2.38. The average Bonchev–Trinajstić information content (AvgIpc) is 3.56. The lowest BCUT2D eigenvalue weighted by atomic mass is 10.1. The van der Waals surface area contributed by atoms with E-state index in [-0.39, 0.29) is 0 Å². The van der Waals surface area contributed by atoms with Crippen LogP contribution >= 0.6 is 22.7 Å². The third-order valence-corrected chi connectivity index (χ3v) is 8.57. The van der Waals surface area contributed by atoms with Crippen molar-refractivity contribution in [3.8, 4) is 11.4 Å². The number of anilines is 1. The van der Waals surface area contributed by atoms with Crippen molar-refractivity contribution in [2.24, 2.45) is 0 Å². The molecule has 0 aromatic carbocycles. The molecule has 0 saturated carbocycles. The van der Waals surface area contributed by atoms with Gasteiger partial charge < -0.3 is 4.90 Å². The minimum absolute atomic E-state index is 0.365. The molecule has 1 aliphatic carbocycles. The van der Waals surface area contributed by atoms with E-state index in [1.165, 1.54) is 33.7 Å². The Morgan fingerprint density at radius 1 is 1.06 bits per heavy atom. The molecule has 1 unspecified atom stereocenters. The zero-order valence-electron chi connectivity index (χ0n) is 17.5. The molecule has 1 saturated heterocycles. The Bertz CT molecular complexity index is 1200. The summed E-state index contributed by atoms with van der Waals surface area (Å²) in [6.07, 6.45) is 9.14. The Labute approximate surface area is 189 Å². The summed E-state index contributed by atoms with van der Waals surface area (Å²) in [7, 11) is 0. The molecule has 5 heterocycles. The molecule has 0 amide bonds. The Balaban J connectivity index is 1.35. The third kappa shape index (κ3) is 3.43. The fraction of sp³-hybridized carbons (Fsp3) is 0.391. The molecule has 0 bridgehead atoms. The van der Waals surface area contributed by atoms with Gasteiger partial charge in [0.25, 0.3) is 0 Å². The van der Waals surface area contributed by atoms with Gasteiger partial charge in [0.15, 0.2) is 5.82 Å². The standard InChI is InChI=1S/C23H24N6S2/c1-15(22-25-8-13-30-22)28-9-11-29(12-10-28)21-19-17-5-2-6-18(17)31-23(19)27-20(26-21)16-4-3-7-24-14-16/h3-4,7-8,13-15H,2,5-6,9-12H2,1H3. The van der Waals surface area contributed by atoms with Crippen molar-refractivity contribution in [2.45, 2.75) is 32.2 Å². The van der Waals surface area contributed by atoms with Crippen molar-refractivity contribution in [2.75, 3.05) is 31.1 Å². The lowest BCUT2D eigenvalue weighted by molar-refractivity contribution is 0.198. The number of rotatable bonds is 4. The molecule has 0 radical (unpaired) electrons. The van der Waals surface area contributed by atoms with E-state index < -0.39 is 0 Å². The monoisotopic (exact) mass is 448 g/mol. The molecule has 6 rings (SSSR count). The van der Waals surface area contributed by atoms with E-state index in [1.54, 1.807) is 17.5 Å². The summed E-state index contributed by atoms with van der Waals surface area (Å²) in [4.78, 5) is 26.5. The van der Waals surface area contributed by atoms with Crippen LogP contribution < -0.4 is 4.90 Å². The van der Waals surface area contributed by atoms with Crippen molar-refractivity contribution in [1.82, 2.24) is 24.8 Å². The van der Waals surface area contributed by atoms with Crippen LogP contribution in [0.15, 0.2) is 36.1 Å². The molecule has 2 aliphatic rings. The Kier molecular flexibility index (Phi) is 4.93. The summed E-state index contributed by atoms with van der Waals surface area (Å²) in [6.45, 7) is 6.24. The van der Waals surface area contributed by atoms with Gasteiger partial charge in [-0.3, -0.25) is 9.88 Å². The number of thiophene rings is 1. The smallest absolute Gasteiger partial charge is 0.164 e. The van der Waals surface area contributed by atoms with Crippen molar-refractivity contribution in [3.05, 3.63) is 51.6 Å². The summed E-state index contributed by atoms with van der Waals surface area (Å²) in [6, 6.07) is 4.37. The molecule has 1 fully saturated rings. The first-order chi connectivity index (χ1) is 15.3. The maximum absolute atomic E-state index is 5.12. The van der Waals surface area contributed by atoms with Gasteiger partial charge in [0.05, 0.1) is 11.4 Å². The Morgan fingerprint density at radius 3 is 2.74 bits per heavy atom. The van der Waals surface area contributed by atoms with Gasteiger partial charge in [-0.2, -0.15) is 0 Å². The van der Waals surface area contributed by atoms with Crippen LogP contribution in [0.4, 0.5) is 5.82 Å². The predicted octanol–water partition coefficient (Wildman–Crippen LogP) is 4.58. The normalized spacial score (nSPS) is 17.9. The number of piperazine rings is 1. The van der Waals surface area contributed by atoms with E-state index in [4.69, 9.17) is 9.97 Å².